The zero-order chi connectivity index (χ0) is 24.9. The Hall–Kier alpha value is -3.54. The molecule has 0 atom stereocenters. The summed E-state index contributed by atoms with van der Waals surface area (Å²) in [7, 11) is 2.16. The number of ether oxygens (including phenoxy) is 1. The highest BCUT2D eigenvalue weighted by molar-refractivity contribution is 6.07. The molecule has 2 aliphatic heterocycles. The van der Waals surface area contributed by atoms with Gasteiger partial charge in [-0.05, 0) is 24.7 Å². The second kappa shape index (κ2) is 11.0. The van der Waals surface area contributed by atoms with Gasteiger partial charge in [0, 0.05) is 44.5 Å². The van der Waals surface area contributed by atoms with Gasteiger partial charge in [-0.25, -0.2) is 9.97 Å². The van der Waals surface area contributed by atoms with Gasteiger partial charge in [0.1, 0.15) is 0 Å². The first-order valence-corrected chi connectivity index (χ1v) is 12.3. The molecule has 2 aliphatic rings. The van der Waals surface area contributed by atoms with Crippen molar-refractivity contribution in [1.29, 1.82) is 0 Å². The quantitative estimate of drug-likeness (QED) is 0.491. The van der Waals surface area contributed by atoms with Crippen molar-refractivity contribution in [2.45, 2.75) is 6.54 Å². The van der Waals surface area contributed by atoms with Gasteiger partial charge in [0.25, 0.3) is 5.91 Å². The average molecular weight is 486 g/mol. The predicted octanol–water partition coefficient (Wildman–Crippen LogP) is 0.875. The minimum Gasteiger partial charge on any atom is -0.382 e. The van der Waals surface area contributed by atoms with E-state index in [0.717, 1.165) is 57.1 Å². The summed E-state index contributed by atoms with van der Waals surface area (Å²) < 4.78 is 5.45. The van der Waals surface area contributed by atoms with E-state index in [0.29, 0.717) is 24.6 Å². The third-order valence-electron chi connectivity index (χ3n) is 6.67. The molecule has 2 fully saturated rings. The van der Waals surface area contributed by atoms with Crippen LogP contribution in [0.5, 0.6) is 0 Å². The number of morpholine rings is 1. The molecule has 36 heavy (non-hydrogen) atoms. The van der Waals surface area contributed by atoms with E-state index in [1.54, 1.807) is 18.6 Å². The van der Waals surface area contributed by atoms with Gasteiger partial charge in [-0.1, -0.05) is 24.3 Å². The molecule has 5 rings (SSSR count). The van der Waals surface area contributed by atoms with Crippen LogP contribution in [0.1, 0.15) is 16.1 Å². The van der Waals surface area contributed by atoms with Crippen molar-refractivity contribution in [1.82, 2.24) is 24.7 Å². The molecular formula is C25H31BN8O2. The Labute approximate surface area is 211 Å². The summed E-state index contributed by atoms with van der Waals surface area (Å²) >= 11 is 0. The van der Waals surface area contributed by atoms with Crippen LogP contribution in [0.25, 0.3) is 11.3 Å². The molecule has 0 spiro atoms. The highest BCUT2D eigenvalue weighted by atomic mass is 16.5. The van der Waals surface area contributed by atoms with Crippen LogP contribution in [0.15, 0.2) is 48.9 Å². The van der Waals surface area contributed by atoms with E-state index < -0.39 is 5.91 Å². The van der Waals surface area contributed by atoms with Crippen LogP contribution in [-0.4, -0.2) is 91.0 Å². The lowest BCUT2D eigenvalue weighted by atomic mass is 10.1. The summed E-state index contributed by atoms with van der Waals surface area (Å²) in [5.74, 6) is -0.337. The largest absolute Gasteiger partial charge is 0.382 e. The van der Waals surface area contributed by atoms with Crippen LogP contribution >= 0.6 is 0 Å². The normalized spacial score (nSPS) is 17.2. The number of benzene rings is 1. The molecule has 1 amide bonds. The maximum atomic E-state index is 13.2. The fourth-order valence-corrected chi connectivity index (χ4v) is 4.49. The predicted molar refractivity (Wildman–Crippen MR) is 142 cm³/mol. The van der Waals surface area contributed by atoms with Crippen LogP contribution in [0.3, 0.4) is 0 Å². The number of pyridine rings is 1. The van der Waals surface area contributed by atoms with Gasteiger partial charge < -0.3 is 25.5 Å². The maximum Gasteiger partial charge on any atom is 0.278 e. The number of nitrogens with zero attached hydrogens (tertiary/aromatic N) is 6. The van der Waals surface area contributed by atoms with Gasteiger partial charge in [0.2, 0.25) is 0 Å². The average Bonchev–Trinajstić information content (AvgIpc) is 2.91. The van der Waals surface area contributed by atoms with Gasteiger partial charge in [-0.2, -0.15) is 0 Å². The molecule has 0 bridgehead atoms. The molecule has 10 nitrogen and oxygen atoms in total. The fourth-order valence-electron chi connectivity index (χ4n) is 4.49. The summed E-state index contributed by atoms with van der Waals surface area (Å²) in [4.78, 5) is 33.2. The number of hydrogen-bond acceptors (Lipinski definition) is 9. The Morgan fingerprint density at radius 3 is 2.53 bits per heavy atom. The third kappa shape index (κ3) is 5.64. The van der Waals surface area contributed by atoms with Gasteiger partial charge >= 0.3 is 0 Å². The number of rotatable bonds is 6. The number of amides is 1. The number of nitrogens with two attached hydrogens (primary N) is 1. The second-order valence-electron chi connectivity index (χ2n) is 9.21. The standard InChI is InChI=1S/C25H31BN8O2/c26-34-9-7-32(8-10-34)17-18-1-3-19(4-2-18)20-16-29-24(27)23(30-20)25(35)31-21-15-28-6-5-22(21)33-11-13-36-14-12-33/h1-6,15-16H,7-14,17,26H2,(H2,27,29)(H,31,35). The van der Waals surface area contributed by atoms with Crippen LogP contribution < -0.4 is 16.0 Å². The lowest BCUT2D eigenvalue weighted by Crippen LogP contribution is -2.44. The Balaban J connectivity index is 1.30. The second-order valence-corrected chi connectivity index (χ2v) is 9.21. The zero-order valence-corrected chi connectivity index (χ0v) is 20.6. The monoisotopic (exact) mass is 486 g/mol. The molecular weight excluding hydrogens is 455 g/mol. The van der Waals surface area contributed by atoms with Crippen molar-refractivity contribution in [3.63, 3.8) is 0 Å². The highest BCUT2D eigenvalue weighted by Gasteiger charge is 2.20. The van der Waals surface area contributed by atoms with Crippen LogP contribution in [-0.2, 0) is 11.3 Å². The van der Waals surface area contributed by atoms with Crippen LogP contribution in [0, 0.1) is 0 Å². The van der Waals surface area contributed by atoms with Crippen molar-refractivity contribution in [2.24, 2.45) is 0 Å². The van der Waals surface area contributed by atoms with Crippen LogP contribution in [0.4, 0.5) is 17.2 Å². The number of piperazine rings is 1. The fraction of sp³-hybridized carbons (Fsp3) is 0.360. The van der Waals surface area contributed by atoms with Crippen molar-refractivity contribution < 1.29 is 9.53 Å². The molecule has 1 aromatic carbocycles. The summed E-state index contributed by atoms with van der Waals surface area (Å²) in [6.45, 7) is 8.03. The van der Waals surface area contributed by atoms with Crippen molar-refractivity contribution >= 4 is 31.1 Å². The first-order chi connectivity index (χ1) is 17.6. The minimum absolute atomic E-state index is 0.0831. The van der Waals surface area contributed by atoms with E-state index in [4.69, 9.17) is 10.5 Å². The Morgan fingerprint density at radius 1 is 1.03 bits per heavy atom. The van der Waals surface area contributed by atoms with Gasteiger partial charge in [0.05, 0.1) is 42.7 Å². The Bertz CT molecular complexity index is 1190. The lowest BCUT2D eigenvalue weighted by molar-refractivity contribution is 0.102. The number of hydrogen-bond donors (Lipinski definition) is 2. The smallest absolute Gasteiger partial charge is 0.278 e. The van der Waals surface area contributed by atoms with E-state index in [-0.39, 0.29) is 11.5 Å². The SMILES string of the molecule is BN1CCN(Cc2ccc(-c3cnc(N)c(C(=O)Nc4cnccc4N4CCOCC4)n3)cc2)CC1. The Kier molecular flexibility index (Phi) is 7.40. The van der Waals surface area contributed by atoms with Crippen LogP contribution in [0.2, 0.25) is 0 Å². The first-order valence-electron chi connectivity index (χ1n) is 12.3. The summed E-state index contributed by atoms with van der Waals surface area (Å²) in [5.41, 5.74) is 10.4. The molecule has 186 valence electrons. The lowest BCUT2D eigenvalue weighted by Gasteiger charge is -2.32. The number of aromatic nitrogens is 3. The third-order valence-corrected chi connectivity index (χ3v) is 6.67. The molecule has 0 saturated carbocycles. The zero-order valence-electron chi connectivity index (χ0n) is 20.6. The summed E-state index contributed by atoms with van der Waals surface area (Å²) in [6, 6.07) is 10.1. The minimum atomic E-state index is -0.420. The number of carbonyl (C=O) groups is 1. The molecule has 0 unspecified atom stereocenters. The van der Waals surface area contributed by atoms with Gasteiger partial charge in [-0.3, -0.25) is 14.7 Å². The number of carbonyl (C=O) groups excluding carboxylic acids is 1. The van der Waals surface area contributed by atoms with E-state index in [1.165, 1.54) is 5.56 Å². The van der Waals surface area contributed by atoms with E-state index >= 15 is 0 Å². The van der Waals surface area contributed by atoms with Gasteiger partial charge in [0.15, 0.2) is 19.5 Å². The molecule has 3 aromatic rings. The van der Waals surface area contributed by atoms with Crippen molar-refractivity contribution in [2.75, 3.05) is 68.4 Å². The number of nitrogen functional groups attached to an aromatic ring is 1. The molecule has 11 heteroatoms. The highest BCUT2D eigenvalue weighted by Crippen LogP contribution is 2.27. The molecule has 2 saturated heterocycles. The van der Waals surface area contributed by atoms with E-state index in [9.17, 15) is 4.79 Å². The molecule has 2 aromatic heterocycles. The summed E-state index contributed by atoms with van der Waals surface area (Å²) in [5, 5.41) is 2.93. The molecule has 0 radical (unpaired) electrons. The summed E-state index contributed by atoms with van der Waals surface area (Å²) in [6.07, 6.45) is 4.95. The van der Waals surface area contributed by atoms with Gasteiger partial charge in [-0.15, -0.1) is 0 Å². The van der Waals surface area contributed by atoms with Crippen molar-refractivity contribution in [3.05, 3.63) is 60.2 Å². The molecule has 3 N–H and O–H groups in total. The number of nitrogens with one attached hydrogen (secondary N) is 1. The first kappa shape index (κ1) is 24.2. The van der Waals surface area contributed by atoms with E-state index in [2.05, 4.69) is 55.0 Å². The molecule has 0 aliphatic carbocycles. The van der Waals surface area contributed by atoms with E-state index in [1.807, 2.05) is 18.2 Å². The topological polar surface area (TPSA) is 113 Å². The van der Waals surface area contributed by atoms with Crippen molar-refractivity contribution in [3.8, 4) is 11.3 Å². The number of anilines is 3. The Morgan fingerprint density at radius 2 is 1.78 bits per heavy atom. The molecule has 4 heterocycles. The maximum absolute atomic E-state index is 13.2.